The molecular weight excluding hydrogens is 218 g/mol. The molecule has 0 spiro atoms. The molecule has 4 nitrogen and oxygen atoms in total. The smallest absolute Gasteiger partial charge is 0.329 e. The van der Waals surface area contributed by atoms with Gasteiger partial charge in [0, 0.05) is 11.8 Å². The number of ether oxygens (including phenoxy) is 1. The standard InChI is InChI=1S/C13H23NO3/c1-4-7-13(8-5-2)9-10(15)14-11(13)12(16)17-6-3/h11H,4-9H2,1-3H3,(H,14,15). The first-order valence-corrected chi connectivity index (χ1v) is 6.55. The van der Waals surface area contributed by atoms with Gasteiger partial charge in [-0.15, -0.1) is 0 Å². The van der Waals surface area contributed by atoms with E-state index in [1.165, 1.54) is 0 Å². The lowest BCUT2D eigenvalue weighted by atomic mass is 9.73. The van der Waals surface area contributed by atoms with Crippen LogP contribution in [-0.4, -0.2) is 24.5 Å². The van der Waals surface area contributed by atoms with E-state index in [1.54, 1.807) is 6.92 Å². The molecule has 1 heterocycles. The second-order valence-corrected chi connectivity index (χ2v) is 4.79. The lowest BCUT2D eigenvalue weighted by molar-refractivity contribution is -0.148. The summed E-state index contributed by atoms with van der Waals surface area (Å²) >= 11 is 0. The molecule has 0 aliphatic carbocycles. The average Bonchev–Trinajstić information content (AvgIpc) is 2.57. The molecule has 0 aromatic rings. The second-order valence-electron chi connectivity index (χ2n) is 4.79. The van der Waals surface area contributed by atoms with Gasteiger partial charge in [-0.05, 0) is 19.8 Å². The number of esters is 1. The van der Waals surface area contributed by atoms with Gasteiger partial charge in [-0.2, -0.15) is 0 Å². The highest BCUT2D eigenvalue weighted by Crippen LogP contribution is 2.41. The van der Waals surface area contributed by atoms with Crippen molar-refractivity contribution in [2.45, 2.75) is 58.9 Å². The summed E-state index contributed by atoms with van der Waals surface area (Å²) in [4.78, 5) is 23.5. The van der Waals surface area contributed by atoms with Gasteiger partial charge in [-0.25, -0.2) is 4.79 Å². The van der Waals surface area contributed by atoms with Crippen molar-refractivity contribution < 1.29 is 14.3 Å². The molecule has 0 radical (unpaired) electrons. The molecule has 0 aromatic heterocycles. The Labute approximate surface area is 103 Å². The van der Waals surface area contributed by atoms with Crippen LogP contribution in [0.5, 0.6) is 0 Å². The van der Waals surface area contributed by atoms with E-state index in [9.17, 15) is 9.59 Å². The topological polar surface area (TPSA) is 55.4 Å². The van der Waals surface area contributed by atoms with Crippen molar-refractivity contribution in [3.63, 3.8) is 0 Å². The zero-order chi connectivity index (χ0) is 12.9. The number of amides is 1. The first-order chi connectivity index (χ1) is 8.09. The summed E-state index contributed by atoms with van der Waals surface area (Å²) in [5.74, 6) is -0.301. The Balaban J connectivity index is 2.89. The van der Waals surface area contributed by atoms with E-state index >= 15 is 0 Å². The minimum absolute atomic E-state index is 0.0232. The van der Waals surface area contributed by atoms with Crippen molar-refractivity contribution in [1.29, 1.82) is 0 Å². The van der Waals surface area contributed by atoms with Gasteiger partial charge in [0.15, 0.2) is 0 Å². The quantitative estimate of drug-likeness (QED) is 0.724. The van der Waals surface area contributed by atoms with Crippen LogP contribution in [0.25, 0.3) is 0 Å². The molecule has 0 aromatic carbocycles. The van der Waals surface area contributed by atoms with Crippen LogP contribution in [0.3, 0.4) is 0 Å². The Morgan fingerprint density at radius 1 is 1.35 bits per heavy atom. The fourth-order valence-corrected chi connectivity index (χ4v) is 2.91. The first-order valence-electron chi connectivity index (χ1n) is 6.55. The maximum absolute atomic E-state index is 11.9. The lowest BCUT2D eigenvalue weighted by Crippen LogP contribution is -2.44. The molecule has 0 bridgehead atoms. The van der Waals surface area contributed by atoms with Gasteiger partial charge in [0.1, 0.15) is 6.04 Å². The van der Waals surface area contributed by atoms with Crippen LogP contribution in [0.2, 0.25) is 0 Å². The number of carbonyl (C=O) groups is 2. The van der Waals surface area contributed by atoms with Crippen LogP contribution in [0, 0.1) is 5.41 Å². The fourth-order valence-electron chi connectivity index (χ4n) is 2.91. The number of nitrogens with one attached hydrogen (secondary N) is 1. The van der Waals surface area contributed by atoms with Crippen LogP contribution in [0.1, 0.15) is 52.9 Å². The fraction of sp³-hybridized carbons (Fsp3) is 0.846. The average molecular weight is 241 g/mol. The summed E-state index contributed by atoms with van der Waals surface area (Å²) < 4.78 is 5.07. The zero-order valence-electron chi connectivity index (χ0n) is 11.0. The Morgan fingerprint density at radius 3 is 2.41 bits per heavy atom. The molecule has 4 heteroatoms. The molecular formula is C13H23NO3. The number of rotatable bonds is 6. The SMILES string of the molecule is CCCC1(CCC)CC(=O)NC1C(=O)OCC. The van der Waals surface area contributed by atoms with Crippen LogP contribution < -0.4 is 5.32 Å². The number of hydrogen-bond acceptors (Lipinski definition) is 3. The molecule has 98 valence electrons. The Bertz CT molecular complexity index is 282. The van der Waals surface area contributed by atoms with Crippen molar-refractivity contribution in [2.24, 2.45) is 5.41 Å². The maximum Gasteiger partial charge on any atom is 0.329 e. The largest absolute Gasteiger partial charge is 0.464 e. The van der Waals surface area contributed by atoms with E-state index in [4.69, 9.17) is 4.74 Å². The third kappa shape index (κ3) is 2.99. The van der Waals surface area contributed by atoms with Gasteiger partial charge >= 0.3 is 5.97 Å². The van der Waals surface area contributed by atoms with Crippen LogP contribution >= 0.6 is 0 Å². The molecule has 1 amide bonds. The Morgan fingerprint density at radius 2 is 1.94 bits per heavy atom. The summed E-state index contributed by atoms with van der Waals surface area (Å²) in [6.07, 6.45) is 4.19. The van der Waals surface area contributed by atoms with Gasteiger partial charge in [0.05, 0.1) is 6.61 Å². The number of carbonyl (C=O) groups excluding carboxylic acids is 2. The monoisotopic (exact) mass is 241 g/mol. The lowest BCUT2D eigenvalue weighted by Gasteiger charge is -2.32. The minimum atomic E-state index is -0.449. The minimum Gasteiger partial charge on any atom is -0.464 e. The predicted octanol–water partition coefficient (Wildman–Crippen LogP) is 2.02. The molecule has 1 atom stereocenters. The maximum atomic E-state index is 11.9. The van der Waals surface area contributed by atoms with Crippen LogP contribution in [-0.2, 0) is 14.3 Å². The predicted molar refractivity (Wildman–Crippen MR) is 65.4 cm³/mol. The molecule has 1 saturated heterocycles. The molecule has 17 heavy (non-hydrogen) atoms. The van der Waals surface area contributed by atoms with E-state index in [2.05, 4.69) is 19.2 Å². The molecule has 1 rings (SSSR count). The van der Waals surface area contributed by atoms with Crippen molar-refractivity contribution >= 4 is 11.9 Å². The van der Waals surface area contributed by atoms with Crippen molar-refractivity contribution in [3.8, 4) is 0 Å². The first kappa shape index (κ1) is 14.0. The summed E-state index contributed by atoms with van der Waals surface area (Å²) in [7, 11) is 0. The Kier molecular flexibility index (Phi) is 4.97. The normalized spacial score (nSPS) is 22.3. The van der Waals surface area contributed by atoms with E-state index in [-0.39, 0.29) is 17.3 Å². The third-order valence-electron chi connectivity index (χ3n) is 3.45. The van der Waals surface area contributed by atoms with E-state index in [0.29, 0.717) is 13.0 Å². The van der Waals surface area contributed by atoms with E-state index in [0.717, 1.165) is 25.7 Å². The Hall–Kier alpha value is -1.06. The molecule has 1 fully saturated rings. The summed E-state index contributed by atoms with van der Waals surface area (Å²) in [5, 5.41) is 2.79. The zero-order valence-corrected chi connectivity index (χ0v) is 11.0. The third-order valence-corrected chi connectivity index (χ3v) is 3.45. The van der Waals surface area contributed by atoms with Crippen molar-refractivity contribution in [3.05, 3.63) is 0 Å². The summed E-state index contributed by atoms with van der Waals surface area (Å²) in [6.45, 7) is 6.32. The molecule has 1 aliphatic heterocycles. The molecule has 1 N–H and O–H groups in total. The summed E-state index contributed by atoms with van der Waals surface area (Å²) in [6, 6.07) is -0.449. The van der Waals surface area contributed by atoms with Gasteiger partial charge in [-0.3, -0.25) is 4.79 Å². The van der Waals surface area contributed by atoms with Gasteiger partial charge in [-0.1, -0.05) is 26.7 Å². The van der Waals surface area contributed by atoms with Crippen molar-refractivity contribution in [1.82, 2.24) is 5.32 Å². The highest BCUT2D eigenvalue weighted by molar-refractivity contribution is 5.89. The highest BCUT2D eigenvalue weighted by Gasteiger charge is 2.49. The van der Waals surface area contributed by atoms with Crippen LogP contribution in [0.4, 0.5) is 0 Å². The number of hydrogen-bond donors (Lipinski definition) is 1. The van der Waals surface area contributed by atoms with E-state index in [1.807, 2.05) is 0 Å². The highest BCUT2D eigenvalue weighted by atomic mass is 16.5. The van der Waals surface area contributed by atoms with Gasteiger partial charge < -0.3 is 10.1 Å². The van der Waals surface area contributed by atoms with Gasteiger partial charge in [0.2, 0.25) is 5.91 Å². The van der Waals surface area contributed by atoms with Gasteiger partial charge in [0.25, 0.3) is 0 Å². The summed E-state index contributed by atoms with van der Waals surface area (Å²) in [5.41, 5.74) is -0.229. The molecule has 1 aliphatic rings. The molecule has 0 saturated carbocycles. The van der Waals surface area contributed by atoms with E-state index < -0.39 is 6.04 Å². The second kappa shape index (κ2) is 6.03. The van der Waals surface area contributed by atoms with Crippen LogP contribution in [0.15, 0.2) is 0 Å². The van der Waals surface area contributed by atoms with Crippen molar-refractivity contribution in [2.75, 3.05) is 6.61 Å². The molecule has 1 unspecified atom stereocenters.